The molecular formula is C9H11ClN2O. The predicted molar refractivity (Wildman–Crippen MR) is 53.5 cm³/mol. The molecule has 4 heteroatoms. The Morgan fingerprint density at radius 2 is 2.15 bits per heavy atom. The normalized spacial score (nSPS) is 9.85. The zero-order valence-electron chi connectivity index (χ0n) is 7.54. The van der Waals surface area contributed by atoms with Crippen molar-refractivity contribution < 1.29 is 4.79 Å². The van der Waals surface area contributed by atoms with Crippen molar-refractivity contribution in [1.82, 2.24) is 0 Å². The molecule has 1 aromatic rings. The molecule has 0 heterocycles. The molecule has 0 atom stereocenters. The fourth-order valence-electron chi connectivity index (χ4n) is 1.06. The van der Waals surface area contributed by atoms with Gasteiger partial charge in [-0.15, -0.1) is 0 Å². The van der Waals surface area contributed by atoms with Gasteiger partial charge in [0.15, 0.2) is 0 Å². The smallest absolute Gasteiger partial charge is 0.238 e. The summed E-state index contributed by atoms with van der Waals surface area (Å²) in [5.74, 6) is 5.33. The lowest BCUT2D eigenvalue weighted by Gasteiger charge is -2.16. The molecule has 0 fully saturated rings. The van der Waals surface area contributed by atoms with Crippen LogP contribution >= 0.6 is 11.6 Å². The van der Waals surface area contributed by atoms with Crippen LogP contribution in [-0.4, -0.2) is 5.91 Å². The number of nitrogens with two attached hydrogens (primary N) is 1. The third kappa shape index (κ3) is 2.20. The van der Waals surface area contributed by atoms with Crippen LogP contribution in [0.1, 0.15) is 12.5 Å². The van der Waals surface area contributed by atoms with Gasteiger partial charge >= 0.3 is 0 Å². The SMILES string of the molecule is CC(=O)N(N)c1ccc(Cl)cc1C. The third-order valence-electron chi connectivity index (χ3n) is 1.76. The van der Waals surface area contributed by atoms with Crippen molar-refractivity contribution in [3.63, 3.8) is 0 Å². The Balaban J connectivity index is 3.08. The van der Waals surface area contributed by atoms with Gasteiger partial charge in [0.2, 0.25) is 5.91 Å². The van der Waals surface area contributed by atoms with Crippen LogP contribution in [0.4, 0.5) is 5.69 Å². The fourth-order valence-corrected chi connectivity index (χ4v) is 1.29. The standard InChI is InChI=1S/C9H11ClN2O/c1-6-5-8(10)3-4-9(6)12(11)7(2)13/h3-5H,11H2,1-2H3. The average Bonchev–Trinajstić information content (AvgIpc) is 2.03. The molecule has 0 aliphatic rings. The largest absolute Gasteiger partial charge is 0.273 e. The van der Waals surface area contributed by atoms with Crippen molar-refractivity contribution in [3.8, 4) is 0 Å². The first kappa shape index (κ1) is 10.0. The molecule has 0 bridgehead atoms. The molecule has 0 unspecified atom stereocenters. The lowest BCUT2D eigenvalue weighted by molar-refractivity contribution is -0.116. The van der Waals surface area contributed by atoms with Gasteiger partial charge in [-0.2, -0.15) is 0 Å². The Morgan fingerprint density at radius 3 is 2.62 bits per heavy atom. The number of halogens is 1. The number of anilines is 1. The topological polar surface area (TPSA) is 46.3 Å². The average molecular weight is 199 g/mol. The highest BCUT2D eigenvalue weighted by molar-refractivity contribution is 6.30. The van der Waals surface area contributed by atoms with Gasteiger partial charge in [0.1, 0.15) is 0 Å². The Bertz CT molecular complexity index is 338. The second kappa shape index (κ2) is 3.77. The molecule has 13 heavy (non-hydrogen) atoms. The number of aryl methyl sites for hydroxylation is 1. The molecule has 0 aliphatic heterocycles. The quantitative estimate of drug-likeness (QED) is 0.426. The van der Waals surface area contributed by atoms with Gasteiger partial charge in [0, 0.05) is 11.9 Å². The number of hydrogen-bond acceptors (Lipinski definition) is 2. The van der Waals surface area contributed by atoms with Gasteiger partial charge in [-0.25, -0.2) is 10.9 Å². The van der Waals surface area contributed by atoms with Gasteiger partial charge in [-0.3, -0.25) is 4.79 Å². The van der Waals surface area contributed by atoms with Crippen molar-refractivity contribution in [3.05, 3.63) is 28.8 Å². The van der Waals surface area contributed by atoms with Gasteiger partial charge in [-0.05, 0) is 30.7 Å². The van der Waals surface area contributed by atoms with E-state index in [0.29, 0.717) is 10.7 Å². The van der Waals surface area contributed by atoms with E-state index >= 15 is 0 Å². The summed E-state index contributed by atoms with van der Waals surface area (Å²) in [6.07, 6.45) is 0. The van der Waals surface area contributed by atoms with E-state index in [1.807, 2.05) is 6.92 Å². The maximum atomic E-state index is 10.9. The zero-order valence-corrected chi connectivity index (χ0v) is 8.30. The number of nitrogens with zero attached hydrogens (tertiary/aromatic N) is 1. The molecule has 0 saturated carbocycles. The summed E-state index contributed by atoms with van der Waals surface area (Å²) in [7, 11) is 0. The number of hydrazine groups is 1. The Hall–Kier alpha value is -1.06. The van der Waals surface area contributed by atoms with E-state index in [2.05, 4.69) is 0 Å². The first-order valence-electron chi connectivity index (χ1n) is 3.84. The lowest BCUT2D eigenvalue weighted by Crippen LogP contribution is -2.35. The molecule has 1 amide bonds. The molecule has 1 aromatic carbocycles. The van der Waals surface area contributed by atoms with Gasteiger partial charge < -0.3 is 0 Å². The monoisotopic (exact) mass is 198 g/mol. The molecule has 2 N–H and O–H groups in total. The van der Waals surface area contributed by atoms with E-state index in [1.54, 1.807) is 18.2 Å². The number of amides is 1. The van der Waals surface area contributed by atoms with E-state index in [-0.39, 0.29) is 5.91 Å². The zero-order chi connectivity index (χ0) is 10.0. The van der Waals surface area contributed by atoms with Crippen LogP contribution in [0.3, 0.4) is 0 Å². The Labute approximate surface area is 82.1 Å². The van der Waals surface area contributed by atoms with Crippen LogP contribution in [-0.2, 0) is 4.79 Å². The number of rotatable bonds is 1. The number of carbonyl (C=O) groups excluding carboxylic acids is 1. The number of hydrogen-bond donors (Lipinski definition) is 1. The molecule has 3 nitrogen and oxygen atoms in total. The maximum absolute atomic E-state index is 10.9. The molecule has 1 rings (SSSR count). The van der Waals surface area contributed by atoms with E-state index < -0.39 is 0 Å². The predicted octanol–water partition coefficient (Wildman–Crippen LogP) is 1.88. The Kier molecular flexibility index (Phi) is 2.90. The number of benzene rings is 1. The van der Waals surface area contributed by atoms with Crippen molar-refractivity contribution in [2.75, 3.05) is 5.01 Å². The minimum Gasteiger partial charge on any atom is -0.273 e. The summed E-state index contributed by atoms with van der Waals surface area (Å²) in [6.45, 7) is 3.26. The summed E-state index contributed by atoms with van der Waals surface area (Å²) >= 11 is 5.76. The molecule has 0 spiro atoms. The van der Waals surface area contributed by atoms with Crippen LogP contribution < -0.4 is 10.9 Å². The van der Waals surface area contributed by atoms with Crippen molar-refractivity contribution >= 4 is 23.2 Å². The van der Waals surface area contributed by atoms with E-state index in [1.165, 1.54) is 6.92 Å². The van der Waals surface area contributed by atoms with Gasteiger partial charge in [0.25, 0.3) is 0 Å². The van der Waals surface area contributed by atoms with Crippen LogP contribution in [0, 0.1) is 6.92 Å². The summed E-state index contributed by atoms with van der Waals surface area (Å²) in [5.41, 5.74) is 1.56. The molecule has 0 aromatic heterocycles. The Morgan fingerprint density at radius 1 is 1.54 bits per heavy atom. The first-order chi connectivity index (χ1) is 6.02. The minimum atomic E-state index is -0.203. The van der Waals surface area contributed by atoms with Crippen LogP contribution in [0.2, 0.25) is 5.02 Å². The summed E-state index contributed by atoms with van der Waals surface area (Å²) < 4.78 is 0. The van der Waals surface area contributed by atoms with E-state index in [9.17, 15) is 4.79 Å². The first-order valence-corrected chi connectivity index (χ1v) is 4.21. The summed E-state index contributed by atoms with van der Waals surface area (Å²) in [5, 5.41) is 1.74. The maximum Gasteiger partial charge on any atom is 0.238 e. The lowest BCUT2D eigenvalue weighted by atomic mass is 10.2. The molecule has 0 aliphatic carbocycles. The fraction of sp³-hybridized carbons (Fsp3) is 0.222. The molecule has 0 radical (unpaired) electrons. The highest BCUT2D eigenvalue weighted by atomic mass is 35.5. The molecule has 70 valence electrons. The van der Waals surface area contributed by atoms with Gasteiger partial charge in [-0.1, -0.05) is 11.6 Å². The van der Waals surface area contributed by atoms with Crippen LogP contribution in [0.15, 0.2) is 18.2 Å². The number of carbonyl (C=O) groups is 1. The molecule has 0 saturated heterocycles. The van der Waals surface area contributed by atoms with E-state index in [0.717, 1.165) is 10.6 Å². The van der Waals surface area contributed by atoms with Crippen molar-refractivity contribution in [2.45, 2.75) is 13.8 Å². The highest BCUT2D eigenvalue weighted by Gasteiger charge is 2.08. The second-order valence-electron chi connectivity index (χ2n) is 2.82. The van der Waals surface area contributed by atoms with Crippen LogP contribution in [0.5, 0.6) is 0 Å². The van der Waals surface area contributed by atoms with Crippen LogP contribution in [0.25, 0.3) is 0 Å². The highest BCUT2D eigenvalue weighted by Crippen LogP contribution is 2.21. The van der Waals surface area contributed by atoms with Gasteiger partial charge in [0.05, 0.1) is 5.69 Å². The van der Waals surface area contributed by atoms with E-state index in [4.69, 9.17) is 17.4 Å². The summed E-state index contributed by atoms with van der Waals surface area (Å²) in [4.78, 5) is 10.9. The summed E-state index contributed by atoms with van der Waals surface area (Å²) in [6, 6.07) is 5.19. The second-order valence-corrected chi connectivity index (χ2v) is 3.26. The van der Waals surface area contributed by atoms with Crippen molar-refractivity contribution in [2.24, 2.45) is 5.84 Å². The third-order valence-corrected chi connectivity index (χ3v) is 1.99. The minimum absolute atomic E-state index is 0.203. The van der Waals surface area contributed by atoms with Crippen molar-refractivity contribution in [1.29, 1.82) is 0 Å². The molecular weight excluding hydrogens is 188 g/mol.